The Kier molecular flexibility index (Phi) is 5.24. The Balaban J connectivity index is 1.43. The number of nitrogens with zero attached hydrogens (tertiary/aromatic N) is 2. The zero-order chi connectivity index (χ0) is 20.4. The zero-order valence-corrected chi connectivity index (χ0v) is 16.4. The number of anilines is 2. The van der Waals surface area contributed by atoms with Gasteiger partial charge in [-0.1, -0.05) is 23.5 Å². The molecule has 1 aliphatic heterocycles. The number of hydrogen-bond acceptors (Lipinski definition) is 8. The highest BCUT2D eigenvalue weighted by Crippen LogP contribution is 2.26. The smallest absolute Gasteiger partial charge is 0.338 e. The number of thiazole rings is 1. The molecule has 0 spiro atoms. The number of fused-ring (bicyclic) bond motifs is 1. The second-order valence-corrected chi connectivity index (χ2v) is 7.38. The molecule has 0 bridgehead atoms. The summed E-state index contributed by atoms with van der Waals surface area (Å²) in [6.45, 7) is 2.00. The summed E-state index contributed by atoms with van der Waals surface area (Å²) in [6, 6.07) is 13.2. The number of aromatic nitrogens is 1. The monoisotopic (exact) mass is 410 g/mol. The van der Waals surface area contributed by atoms with Gasteiger partial charge in [0.1, 0.15) is 6.04 Å². The highest BCUT2D eigenvalue weighted by Gasteiger charge is 2.39. The molecule has 0 aliphatic carbocycles. The van der Waals surface area contributed by atoms with E-state index in [-0.39, 0.29) is 24.8 Å². The lowest BCUT2D eigenvalue weighted by Crippen LogP contribution is -2.41. The lowest BCUT2D eigenvalue weighted by atomic mass is 10.2. The maximum atomic E-state index is 12.7. The van der Waals surface area contributed by atoms with Gasteiger partial charge in [-0.2, -0.15) is 0 Å². The van der Waals surface area contributed by atoms with E-state index in [1.54, 1.807) is 19.1 Å². The molecule has 8 nitrogen and oxygen atoms in total. The van der Waals surface area contributed by atoms with Gasteiger partial charge in [0, 0.05) is 0 Å². The molecule has 2 amide bonds. The highest BCUT2D eigenvalue weighted by atomic mass is 32.1. The molecule has 2 N–H and O–H groups in total. The maximum absolute atomic E-state index is 12.7. The summed E-state index contributed by atoms with van der Waals surface area (Å²) in [5, 5.41) is 0.615. The van der Waals surface area contributed by atoms with Gasteiger partial charge in [-0.25, -0.2) is 20.1 Å². The van der Waals surface area contributed by atoms with Crippen LogP contribution in [-0.4, -0.2) is 35.4 Å². The minimum Gasteiger partial charge on any atom is -0.462 e. The highest BCUT2D eigenvalue weighted by molar-refractivity contribution is 7.22. The average Bonchev–Trinajstić information content (AvgIpc) is 3.26. The Morgan fingerprint density at radius 3 is 2.69 bits per heavy atom. The van der Waals surface area contributed by atoms with Crippen LogP contribution in [0, 0.1) is 0 Å². The number of para-hydroxylation sites is 1. The number of ether oxygens (including phenoxy) is 1. The van der Waals surface area contributed by atoms with E-state index in [0.717, 1.165) is 15.1 Å². The number of hydrazine groups is 1. The predicted octanol–water partition coefficient (Wildman–Crippen LogP) is 2.72. The van der Waals surface area contributed by atoms with Crippen molar-refractivity contribution in [3.8, 4) is 0 Å². The summed E-state index contributed by atoms with van der Waals surface area (Å²) >= 11 is 1.45. The third-order valence-electron chi connectivity index (χ3n) is 4.43. The van der Waals surface area contributed by atoms with Crippen molar-refractivity contribution in [2.75, 3.05) is 16.9 Å². The van der Waals surface area contributed by atoms with Gasteiger partial charge >= 0.3 is 5.97 Å². The number of carbonyl (C=O) groups is 3. The molecule has 2 heterocycles. The molecule has 3 aromatic rings. The number of imide groups is 1. The summed E-state index contributed by atoms with van der Waals surface area (Å²) in [6.07, 6.45) is 0.0242. The molecule has 4 rings (SSSR count). The van der Waals surface area contributed by atoms with Crippen molar-refractivity contribution in [2.45, 2.75) is 19.4 Å². The molecule has 29 heavy (non-hydrogen) atoms. The van der Waals surface area contributed by atoms with Crippen molar-refractivity contribution in [1.82, 2.24) is 10.4 Å². The predicted molar refractivity (Wildman–Crippen MR) is 110 cm³/mol. The first-order valence-electron chi connectivity index (χ1n) is 9.08. The Morgan fingerprint density at radius 2 is 1.97 bits per heavy atom. The van der Waals surface area contributed by atoms with Crippen molar-refractivity contribution in [2.24, 2.45) is 0 Å². The van der Waals surface area contributed by atoms with E-state index < -0.39 is 12.0 Å². The molecule has 1 fully saturated rings. The molecule has 0 saturated carbocycles. The minimum atomic E-state index is -0.709. The largest absolute Gasteiger partial charge is 0.462 e. The SMILES string of the molecule is CCOC(=O)c1ccc(N2C(=O)C[C@H](NNc3nc4ccccc4s3)C2=O)cc1. The summed E-state index contributed by atoms with van der Waals surface area (Å²) in [4.78, 5) is 42.4. The van der Waals surface area contributed by atoms with Crippen molar-refractivity contribution in [3.05, 3.63) is 54.1 Å². The van der Waals surface area contributed by atoms with E-state index in [2.05, 4.69) is 15.8 Å². The Hall–Kier alpha value is -3.30. The molecule has 9 heteroatoms. The molecule has 1 saturated heterocycles. The molecule has 0 radical (unpaired) electrons. The van der Waals surface area contributed by atoms with Gasteiger partial charge in [0.05, 0.1) is 34.5 Å². The molecule has 0 unspecified atom stereocenters. The van der Waals surface area contributed by atoms with E-state index >= 15 is 0 Å². The quantitative estimate of drug-likeness (QED) is 0.366. The summed E-state index contributed by atoms with van der Waals surface area (Å²) < 4.78 is 5.96. The van der Waals surface area contributed by atoms with Crippen LogP contribution in [0.15, 0.2) is 48.5 Å². The first kappa shape index (κ1) is 19.0. The number of nitrogens with one attached hydrogen (secondary N) is 2. The zero-order valence-electron chi connectivity index (χ0n) is 15.5. The van der Waals surface area contributed by atoms with Gasteiger partial charge in [-0.3, -0.25) is 15.0 Å². The van der Waals surface area contributed by atoms with Crippen LogP contribution < -0.4 is 15.8 Å². The van der Waals surface area contributed by atoms with Crippen LogP contribution in [0.4, 0.5) is 10.8 Å². The van der Waals surface area contributed by atoms with Crippen LogP contribution in [0.5, 0.6) is 0 Å². The summed E-state index contributed by atoms with van der Waals surface area (Å²) in [5.74, 6) is -1.13. The first-order valence-corrected chi connectivity index (χ1v) is 9.89. The molecule has 1 aliphatic rings. The van der Waals surface area contributed by atoms with Gasteiger partial charge in [0.2, 0.25) is 5.91 Å². The van der Waals surface area contributed by atoms with Crippen LogP contribution in [0.25, 0.3) is 10.2 Å². The van der Waals surface area contributed by atoms with Crippen molar-refractivity contribution < 1.29 is 19.1 Å². The third-order valence-corrected chi connectivity index (χ3v) is 5.38. The van der Waals surface area contributed by atoms with Crippen molar-refractivity contribution in [1.29, 1.82) is 0 Å². The van der Waals surface area contributed by atoms with E-state index in [9.17, 15) is 14.4 Å². The number of benzene rings is 2. The Bertz CT molecular complexity index is 1050. The van der Waals surface area contributed by atoms with Crippen LogP contribution in [0.3, 0.4) is 0 Å². The van der Waals surface area contributed by atoms with E-state index in [1.165, 1.54) is 23.5 Å². The topological polar surface area (TPSA) is 101 Å². The van der Waals surface area contributed by atoms with Gasteiger partial charge in [0.15, 0.2) is 5.13 Å². The van der Waals surface area contributed by atoms with Gasteiger partial charge < -0.3 is 4.74 Å². The molecular formula is C20H18N4O4S. The fourth-order valence-electron chi connectivity index (χ4n) is 3.05. The van der Waals surface area contributed by atoms with E-state index in [4.69, 9.17) is 4.74 Å². The average molecular weight is 410 g/mol. The summed E-state index contributed by atoms with van der Waals surface area (Å²) in [7, 11) is 0. The van der Waals surface area contributed by atoms with Crippen molar-refractivity contribution in [3.63, 3.8) is 0 Å². The normalized spacial score (nSPS) is 16.4. The number of carbonyl (C=O) groups excluding carboxylic acids is 3. The summed E-state index contributed by atoms with van der Waals surface area (Å²) in [5.41, 5.74) is 7.47. The molecule has 148 valence electrons. The molecule has 1 aromatic heterocycles. The lowest BCUT2D eigenvalue weighted by Gasteiger charge is -2.16. The number of rotatable bonds is 6. The van der Waals surface area contributed by atoms with Crippen LogP contribution in [-0.2, 0) is 14.3 Å². The van der Waals surface area contributed by atoms with E-state index in [1.807, 2.05) is 24.3 Å². The number of esters is 1. The first-order chi connectivity index (χ1) is 14.1. The van der Waals surface area contributed by atoms with Gasteiger partial charge in [0.25, 0.3) is 5.91 Å². The maximum Gasteiger partial charge on any atom is 0.338 e. The van der Waals surface area contributed by atoms with Gasteiger partial charge in [-0.15, -0.1) is 0 Å². The minimum absolute atomic E-state index is 0.0242. The van der Waals surface area contributed by atoms with Crippen molar-refractivity contribution >= 4 is 50.2 Å². The van der Waals surface area contributed by atoms with E-state index in [0.29, 0.717) is 16.4 Å². The Labute approximate surface area is 170 Å². The number of hydrogen-bond donors (Lipinski definition) is 2. The second-order valence-electron chi connectivity index (χ2n) is 6.35. The Morgan fingerprint density at radius 1 is 1.21 bits per heavy atom. The molecular weight excluding hydrogens is 392 g/mol. The molecule has 2 aromatic carbocycles. The molecule has 1 atom stereocenters. The van der Waals surface area contributed by atoms with Crippen LogP contribution in [0.2, 0.25) is 0 Å². The number of amides is 2. The lowest BCUT2D eigenvalue weighted by molar-refractivity contribution is -0.121. The van der Waals surface area contributed by atoms with Crippen LogP contribution in [0.1, 0.15) is 23.7 Å². The standard InChI is InChI=1S/C20H18N4O4S/c1-2-28-19(27)12-7-9-13(10-8-12)24-17(25)11-15(18(24)26)22-23-20-21-14-5-3-4-6-16(14)29-20/h3-10,15,22H,2,11H2,1H3,(H,21,23)/t15-/m0/s1. The fourth-order valence-corrected chi connectivity index (χ4v) is 3.88. The van der Waals surface area contributed by atoms with Crippen LogP contribution >= 0.6 is 11.3 Å². The second kappa shape index (κ2) is 7.98. The van der Waals surface area contributed by atoms with Gasteiger partial charge in [-0.05, 0) is 43.3 Å². The fraction of sp³-hybridized carbons (Fsp3) is 0.200. The third kappa shape index (κ3) is 3.82.